The van der Waals surface area contributed by atoms with E-state index in [0.29, 0.717) is 6.42 Å². The second-order valence-corrected chi connectivity index (χ2v) is 3.95. The van der Waals surface area contributed by atoms with Gasteiger partial charge in [0, 0.05) is 6.07 Å². The maximum Gasteiger partial charge on any atom is 0.256 e. The molecule has 3 N–H and O–H groups in total. The zero-order chi connectivity index (χ0) is 13.1. The molecular weight excluding hydrogens is 220 g/mol. The number of nitrogens with one attached hydrogen (secondary N) is 1. The summed E-state index contributed by atoms with van der Waals surface area (Å²) < 4.78 is 0. The molecule has 0 bridgehead atoms. The van der Waals surface area contributed by atoms with Crippen LogP contribution in [0, 0.1) is 11.3 Å². The van der Waals surface area contributed by atoms with Crippen LogP contribution < -0.4 is 5.32 Å². The molecule has 5 heteroatoms. The van der Waals surface area contributed by atoms with E-state index in [1.165, 1.54) is 12.1 Å². The monoisotopic (exact) mass is 234 g/mol. The van der Waals surface area contributed by atoms with E-state index in [9.17, 15) is 9.90 Å². The molecule has 17 heavy (non-hydrogen) atoms. The molecule has 1 atom stereocenters. The Morgan fingerprint density at radius 1 is 1.53 bits per heavy atom. The number of aromatic hydroxyl groups is 2. The van der Waals surface area contributed by atoms with Crippen molar-refractivity contribution in [1.29, 1.82) is 5.26 Å². The van der Waals surface area contributed by atoms with Crippen LogP contribution in [0.15, 0.2) is 18.2 Å². The Labute approximate surface area is 99.3 Å². The van der Waals surface area contributed by atoms with Gasteiger partial charge in [-0.2, -0.15) is 5.26 Å². The Morgan fingerprint density at radius 2 is 2.18 bits per heavy atom. The number of benzene rings is 1. The quantitative estimate of drug-likeness (QED) is 0.739. The fourth-order valence-corrected chi connectivity index (χ4v) is 1.23. The Balaban J connectivity index is 2.95. The maximum atomic E-state index is 11.8. The topological polar surface area (TPSA) is 93.4 Å². The molecule has 0 aliphatic heterocycles. The molecule has 90 valence electrons. The van der Waals surface area contributed by atoms with Crippen LogP contribution in [0.25, 0.3) is 0 Å². The predicted molar refractivity (Wildman–Crippen MR) is 61.5 cm³/mol. The Morgan fingerprint density at radius 3 is 2.65 bits per heavy atom. The van der Waals surface area contributed by atoms with Gasteiger partial charge in [-0.1, -0.05) is 6.92 Å². The van der Waals surface area contributed by atoms with Gasteiger partial charge in [-0.05, 0) is 25.5 Å². The van der Waals surface area contributed by atoms with Crippen molar-refractivity contribution < 1.29 is 15.0 Å². The Hall–Kier alpha value is -2.22. The van der Waals surface area contributed by atoms with Crippen molar-refractivity contribution in [1.82, 2.24) is 5.32 Å². The first-order valence-corrected chi connectivity index (χ1v) is 5.17. The highest BCUT2D eigenvalue weighted by Gasteiger charge is 2.25. The fourth-order valence-electron chi connectivity index (χ4n) is 1.23. The molecule has 1 unspecified atom stereocenters. The second kappa shape index (κ2) is 4.74. The average molecular weight is 234 g/mol. The van der Waals surface area contributed by atoms with Gasteiger partial charge in [-0.25, -0.2) is 0 Å². The minimum Gasteiger partial charge on any atom is -0.508 e. The first kappa shape index (κ1) is 12.8. The number of hydrogen-bond acceptors (Lipinski definition) is 4. The van der Waals surface area contributed by atoms with Crippen molar-refractivity contribution >= 4 is 5.91 Å². The van der Waals surface area contributed by atoms with Crippen LogP contribution in [0.5, 0.6) is 11.5 Å². The number of nitrogens with zero attached hydrogens (tertiary/aromatic N) is 1. The first-order valence-electron chi connectivity index (χ1n) is 5.17. The summed E-state index contributed by atoms with van der Waals surface area (Å²) in [4.78, 5) is 11.8. The lowest BCUT2D eigenvalue weighted by Gasteiger charge is -2.21. The number of hydrogen-bond donors (Lipinski definition) is 3. The van der Waals surface area contributed by atoms with Crippen LogP contribution >= 0.6 is 0 Å². The zero-order valence-electron chi connectivity index (χ0n) is 9.69. The smallest absolute Gasteiger partial charge is 0.256 e. The standard InChI is InChI=1S/C12H14N2O3/c1-3-12(2,7-13)14-11(17)9-5-4-8(15)6-10(9)16/h4-6,15-16H,3H2,1-2H3,(H,14,17). The third-order valence-electron chi connectivity index (χ3n) is 2.57. The van der Waals surface area contributed by atoms with Gasteiger partial charge in [-0.3, -0.25) is 4.79 Å². The number of nitriles is 1. The number of carbonyl (C=O) groups excluding carboxylic acids is 1. The fraction of sp³-hybridized carbons (Fsp3) is 0.333. The van der Waals surface area contributed by atoms with Gasteiger partial charge < -0.3 is 15.5 Å². The molecule has 0 spiro atoms. The van der Waals surface area contributed by atoms with Gasteiger partial charge in [0.15, 0.2) is 0 Å². The SMILES string of the molecule is CCC(C)(C#N)NC(=O)c1ccc(O)cc1O. The summed E-state index contributed by atoms with van der Waals surface area (Å²) in [6.07, 6.45) is 0.452. The normalized spacial score (nSPS) is 13.5. The van der Waals surface area contributed by atoms with Gasteiger partial charge in [0.05, 0.1) is 11.6 Å². The van der Waals surface area contributed by atoms with E-state index in [1.54, 1.807) is 13.8 Å². The van der Waals surface area contributed by atoms with Gasteiger partial charge in [-0.15, -0.1) is 0 Å². The molecular formula is C12H14N2O3. The highest BCUT2D eigenvalue weighted by atomic mass is 16.3. The third kappa shape index (κ3) is 2.88. The van der Waals surface area contributed by atoms with Gasteiger partial charge in [0.2, 0.25) is 0 Å². The summed E-state index contributed by atoms with van der Waals surface area (Å²) in [5.74, 6) is -0.995. The van der Waals surface area contributed by atoms with E-state index in [0.717, 1.165) is 6.07 Å². The molecule has 1 aromatic carbocycles. The van der Waals surface area contributed by atoms with Crippen LogP contribution in [0.4, 0.5) is 0 Å². The summed E-state index contributed by atoms with van der Waals surface area (Å²) >= 11 is 0. The van der Waals surface area contributed by atoms with E-state index >= 15 is 0 Å². The van der Waals surface area contributed by atoms with Crippen LogP contribution in [0.2, 0.25) is 0 Å². The number of amides is 1. The third-order valence-corrected chi connectivity index (χ3v) is 2.57. The van der Waals surface area contributed by atoms with Gasteiger partial charge in [0.25, 0.3) is 5.91 Å². The van der Waals surface area contributed by atoms with Crippen molar-refractivity contribution in [2.24, 2.45) is 0 Å². The molecule has 1 aromatic rings. The highest BCUT2D eigenvalue weighted by molar-refractivity contribution is 5.97. The molecule has 0 aromatic heterocycles. The summed E-state index contributed by atoms with van der Waals surface area (Å²) in [7, 11) is 0. The predicted octanol–water partition coefficient (Wildman–Crippen LogP) is 1.52. The maximum absolute atomic E-state index is 11.8. The number of rotatable bonds is 3. The van der Waals surface area contributed by atoms with E-state index in [2.05, 4.69) is 5.32 Å². The van der Waals surface area contributed by atoms with E-state index in [-0.39, 0.29) is 17.1 Å². The first-order chi connectivity index (χ1) is 7.91. The van der Waals surface area contributed by atoms with Gasteiger partial charge >= 0.3 is 0 Å². The number of carbonyl (C=O) groups is 1. The van der Waals surface area contributed by atoms with Crippen LogP contribution in [-0.4, -0.2) is 21.7 Å². The van der Waals surface area contributed by atoms with Crippen molar-refractivity contribution in [3.8, 4) is 17.6 Å². The van der Waals surface area contributed by atoms with E-state index in [1.807, 2.05) is 6.07 Å². The van der Waals surface area contributed by atoms with Crippen molar-refractivity contribution in [2.45, 2.75) is 25.8 Å². The molecule has 1 amide bonds. The molecule has 0 heterocycles. The summed E-state index contributed by atoms with van der Waals surface area (Å²) in [6.45, 7) is 3.38. The molecule has 5 nitrogen and oxygen atoms in total. The lowest BCUT2D eigenvalue weighted by Crippen LogP contribution is -2.44. The minimum atomic E-state index is -0.971. The summed E-state index contributed by atoms with van der Waals surface area (Å²) in [5, 5.41) is 30.1. The molecule has 1 rings (SSSR count). The van der Waals surface area contributed by atoms with Crippen molar-refractivity contribution in [3.05, 3.63) is 23.8 Å². The Kier molecular flexibility index (Phi) is 3.59. The van der Waals surface area contributed by atoms with E-state index < -0.39 is 11.4 Å². The summed E-state index contributed by atoms with van der Waals surface area (Å²) in [6, 6.07) is 5.67. The summed E-state index contributed by atoms with van der Waals surface area (Å²) in [5.41, 5.74) is -0.945. The Bertz CT molecular complexity index is 479. The van der Waals surface area contributed by atoms with Gasteiger partial charge in [0.1, 0.15) is 17.0 Å². The van der Waals surface area contributed by atoms with Crippen molar-refractivity contribution in [2.75, 3.05) is 0 Å². The lowest BCUT2D eigenvalue weighted by molar-refractivity contribution is 0.0920. The highest BCUT2D eigenvalue weighted by Crippen LogP contribution is 2.23. The molecule has 0 aliphatic carbocycles. The largest absolute Gasteiger partial charge is 0.508 e. The van der Waals surface area contributed by atoms with Crippen LogP contribution in [0.1, 0.15) is 30.6 Å². The molecule has 0 saturated heterocycles. The zero-order valence-corrected chi connectivity index (χ0v) is 9.69. The number of phenols is 2. The lowest BCUT2D eigenvalue weighted by atomic mass is 10.0. The van der Waals surface area contributed by atoms with Crippen molar-refractivity contribution in [3.63, 3.8) is 0 Å². The van der Waals surface area contributed by atoms with E-state index in [4.69, 9.17) is 10.4 Å². The molecule has 0 radical (unpaired) electrons. The van der Waals surface area contributed by atoms with Crippen LogP contribution in [-0.2, 0) is 0 Å². The number of phenolic OH excluding ortho intramolecular Hbond substituents is 2. The molecule has 0 aliphatic rings. The molecule has 0 fully saturated rings. The second-order valence-electron chi connectivity index (χ2n) is 3.95. The molecule has 0 saturated carbocycles. The minimum absolute atomic E-state index is 0.0257. The van der Waals surface area contributed by atoms with Crippen LogP contribution in [0.3, 0.4) is 0 Å². The average Bonchev–Trinajstić information content (AvgIpc) is 2.28.